The summed E-state index contributed by atoms with van der Waals surface area (Å²) in [5, 5.41) is 9.27. The summed E-state index contributed by atoms with van der Waals surface area (Å²) in [7, 11) is 0. The molecule has 0 N–H and O–H groups in total. The van der Waals surface area contributed by atoms with Crippen LogP contribution < -0.4 is 4.90 Å². The Balaban J connectivity index is 1.66. The highest BCUT2D eigenvalue weighted by Gasteiger charge is 2.18. The van der Waals surface area contributed by atoms with E-state index in [2.05, 4.69) is 32.8 Å². The van der Waals surface area contributed by atoms with Crippen molar-refractivity contribution in [2.24, 2.45) is 0 Å². The molecule has 0 amide bonds. The lowest BCUT2D eigenvalue weighted by Crippen LogP contribution is -2.32. The smallest absolute Gasteiger partial charge is 0.146 e. The van der Waals surface area contributed by atoms with Crippen LogP contribution >= 0.6 is 0 Å². The quantitative estimate of drug-likeness (QED) is 0.758. The van der Waals surface area contributed by atoms with Crippen LogP contribution in [0.1, 0.15) is 29.7 Å². The minimum Gasteiger partial charge on any atom is -0.355 e. The van der Waals surface area contributed by atoms with E-state index in [0.29, 0.717) is 5.56 Å². The molecule has 1 aliphatic heterocycles. The predicted octanol–water partition coefficient (Wildman–Crippen LogP) is 3.24. The largest absolute Gasteiger partial charge is 0.355 e. The highest BCUT2D eigenvalue weighted by atomic mass is 15.2. The molecule has 0 aliphatic carbocycles. The maximum atomic E-state index is 9.27. The van der Waals surface area contributed by atoms with Crippen LogP contribution in [0.3, 0.4) is 0 Å². The molecule has 4 nitrogen and oxygen atoms in total. The monoisotopic (exact) mass is 314 g/mol. The number of hydrogen-bond acceptors (Lipinski definition) is 4. The zero-order chi connectivity index (χ0) is 16.8. The van der Waals surface area contributed by atoms with E-state index in [1.807, 2.05) is 37.3 Å². The van der Waals surface area contributed by atoms with Gasteiger partial charge in [-0.1, -0.05) is 17.4 Å². The van der Waals surface area contributed by atoms with Crippen molar-refractivity contribution in [3.63, 3.8) is 0 Å². The van der Waals surface area contributed by atoms with Gasteiger partial charge in [0.05, 0.1) is 5.56 Å². The fourth-order valence-electron chi connectivity index (χ4n) is 2.68. The van der Waals surface area contributed by atoms with Gasteiger partial charge in [-0.25, -0.2) is 4.98 Å². The zero-order valence-electron chi connectivity index (χ0n) is 13.7. The van der Waals surface area contributed by atoms with Gasteiger partial charge in [-0.3, -0.25) is 4.98 Å². The topological polar surface area (TPSA) is 52.8 Å². The maximum absolute atomic E-state index is 9.27. The van der Waals surface area contributed by atoms with Crippen LogP contribution in [0.4, 0.5) is 5.82 Å². The predicted molar refractivity (Wildman–Crippen MR) is 94.3 cm³/mol. The second-order valence-corrected chi connectivity index (χ2v) is 5.73. The molecule has 24 heavy (non-hydrogen) atoms. The lowest BCUT2D eigenvalue weighted by molar-refractivity contribution is 0.676. The molecular weight excluding hydrogens is 296 g/mol. The Morgan fingerprint density at radius 1 is 1.12 bits per heavy atom. The number of anilines is 1. The van der Waals surface area contributed by atoms with Gasteiger partial charge in [0.2, 0.25) is 0 Å². The number of rotatable bonds is 1. The number of nitrogens with zero attached hydrogens (tertiary/aromatic N) is 4. The van der Waals surface area contributed by atoms with Gasteiger partial charge >= 0.3 is 0 Å². The molecule has 0 aromatic carbocycles. The van der Waals surface area contributed by atoms with Crippen LogP contribution in [0.2, 0.25) is 0 Å². The Hall–Kier alpha value is -3.11. The highest BCUT2D eigenvalue weighted by molar-refractivity contribution is 5.55. The van der Waals surface area contributed by atoms with Crippen molar-refractivity contribution in [2.75, 3.05) is 18.0 Å². The molecule has 118 valence electrons. The molecule has 1 aliphatic rings. The van der Waals surface area contributed by atoms with Crippen LogP contribution in [0.5, 0.6) is 0 Å². The summed E-state index contributed by atoms with van der Waals surface area (Å²) < 4.78 is 0. The number of allylic oxidation sites excluding steroid dienone is 1. The average molecular weight is 314 g/mol. The number of pyridine rings is 2. The molecule has 1 fully saturated rings. The first-order valence-electron chi connectivity index (χ1n) is 7.98. The van der Waals surface area contributed by atoms with E-state index in [9.17, 15) is 5.26 Å². The Morgan fingerprint density at radius 2 is 1.88 bits per heavy atom. The van der Waals surface area contributed by atoms with Crippen molar-refractivity contribution in [2.45, 2.75) is 19.8 Å². The van der Waals surface area contributed by atoms with Gasteiger partial charge in [-0.2, -0.15) is 5.26 Å². The minimum absolute atomic E-state index is 0.644. The van der Waals surface area contributed by atoms with Crippen LogP contribution in [0.15, 0.2) is 48.3 Å². The summed E-state index contributed by atoms with van der Waals surface area (Å²) >= 11 is 0. The van der Waals surface area contributed by atoms with E-state index in [1.165, 1.54) is 5.57 Å². The molecular formula is C20H18N4. The van der Waals surface area contributed by atoms with E-state index in [1.54, 1.807) is 12.4 Å². The van der Waals surface area contributed by atoms with Crippen LogP contribution in [-0.4, -0.2) is 23.1 Å². The normalized spacial score (nSPS) is 13.7. The Labute approximate surface area is 142 Å². The summed E-state index contributed by atoms with van der Waals surface area (Å²) in [5.41, 5.74) is 3.90. The number of piperidine rings is 1. The van der Waals surface area contributed by atoms with Crippen LogP contribution in [0.25, 0.3) is 0 Å². The Bertz CT molecular complexity index is 841. The molecule has 4 heteroatoms. The number of aryl methyl sites for hydroxylation is 1. The van der Waals surface area contributed by atoms with E-state index >= 15 is 0 Å². The zero-order valence-corrected chi connectivity index (χ0v) is 13.7. The minimum atomic E-state index is 0.644. The Morgan fingerprint density at radius 3 is 2.58 bits per heavy atom. The fraction of sp³-hybridized carbons (Fsp3) is 0.250. The first-order chi connectivity index (χ1) is 11.8. The highest BCUT2D eigenvalue weighted by Crippen LogP contribution is 2.24. The van der Waals surface area contributed by atoms with Crippen molar-refractivity contribution < 1.29 is 0 Å². The molecule has 1 saturated heterocycles. The first-order valence-corrected chi connectivity index (χ1v) is 7.98. The molecule has 3 heterocycles. The third kappa shape index (κ3) is 3.80. The summed E-state index contributed by atoms with van der Waals surface area (Å²) in [6.45, 7) is 3.69. The second-order valence-electron chi connectivity index (χ2n) is 5.73. The number of hydrogen-bond donors (Lipinski definition) is 0. The van der Waals surface area contributed by atoms with Crippen molar-refractivity contribution in [1.82, 2.24) is 9.97 Å². The molecule has 0 unspecified atom stereocenters. The van der Waals surface area contributed by atoms with Gasteiger partial charge in [-0.05, 0) is 50.1 Å². The third-order valence-electron chi connectivity index (χ3n) is 4.01. The average Bonchev–Trinajstić information content (AvgIpc) is 2.63. The third-order valence-corrected chi connectivity index (χ3v) is 4.01. The maximum Gasteiger partial charge on any atom is 0.146 e. The summed E-state index contributed by atoms with van der Waals surface area (Å²) in [6, 6.07) is 9.78. The van der Waals surface area contributed by atoms with E-state index in [0.717, 1.165) is 43.0 Å². The van der Waals surface area contributed by atoms with Gasteiger partial charge in [-0.15, -0.1) is 0 Å². The van der Waals surface area contributed by atoms with Gasteiger partial charge in [0.15, 0.2) is 0 Å². The summed E-state index contributed by atoms with van der Waals surface area (Å²) in [6.07, 6.45) is 7.41. The fourth-order valence-corrected chi connectivity index (χ4v) is 2.68. The van der Waals surface area contributed by atoms with E-state index < -0.39 is 0 Å². The number of nitriles is 1. The standard InChI is InChI=1S/C20H18N4/c1-16-5-6-19(15-21)20(23-16)24-13-9-18(10-14-24)4-2-3-17-7-11-22-12-8-17/h4-8,11-12H,9-10,13-14H2,1H3. The Kier molecular flexibility index (Phi) is 4.89. The molecule has 0 radical (unpaired) electrons. The van der Waals surface area contributed by atoms with Crippen molar-refractivity contribution in [3.8, 4) is 17.9 Å². The lowest BCUT2D eigenvalue weighted by Gasteiger charge is -2.30. The summed E-state index contributed by atoms with van der Waals surface area (Å²) in [4.78, 5) is 10.7. The molecule has 3 rings (SSSR count). The molecule has 2 aromatic heterocycles. The SMILES string of the molecule is Cc1ccc(C#N)c(N2CCC(=CC#Cc3ccncc3)CC2)n1. The molecule has 0 saturated carbocycles. The second kappa shape index (κ2) is 7.44. The first kappa shape index (κ1) is 15.8. The van der Waals surface area contributed by atoms with Gasteiger partial charge in [0.1, 0.15) is 11.9 Å². The van der Waals surface area contributed by atoms with Crippen LogP contribution in [-0.2, 0) is 0 Å². The van der Waals surface area contributed by atoms with E-state index in [4.69, 9.17) is 0 Å². The van der Waals surface area contributed by atoms with Crippen molar-refractivity contribution in [3.05, 3.63) is 65.1 Å². The van der Waals surface area contributed by atoms with Gasteiger partial charge in [0.25, 0.3) is 0 Å². The van der Waals surface area contributed by atoms with E-state index in [-0.39, 0.29) is 0 Å². The van der Waals surface area contributed by atoms with Crippen molar-refractivity contribution in [1.29, 1.82) is 5.26 Å². The molecule has 0 atom stereocenters. The van der Waals surface area contributed by atoms with Gasteiger partial charge < -0.3 is 4.90 Å². The lowest BCUT2D eigenvalue weighted by atomic mass is 10.0. The molecule has 0 bridgehead atoms. The molecule has 0 spiro atoms. The molecule has 2 aromatic rings. The number of aromatic nitrogens is 2. The van der Waals surface area contributed by atoms with Crippen molar-refractivity contribution >= 4 is 5.82 Å². The van der Waals surface area contributed by atoms with Crippen LogP contribution in [0, 0.1) is 30.1 Å². The summed E-state index contributed by atoms with van der Waals surface area (Å²) in [5.74, 6) is 7.06. The van der Waals surface area contributed by atoms with Gasteiger partial charge in [0, 0.05) is 36.7 Å².